The zero-order valence-corrected chi connectivity index (χ0v) is 13.0. The summed E-state index contributed by atoms with van der Waals surface area (Å²) in [6, 6.07) is 15.1. The highest BCUT2D eigenvalue weighted by Gasteiger charge is 2.22. The number of aromatic carboxylic acids is 1. The molecule has 0 saturated heterocycles. The van der Waals surface area contributed by atoms with Crippen LogP contribution in [0.3, 0.4) is 0 Å². The van der Waals surface area contributed by atoms with Crippen LogP contribution in [-0.4, -0.2) is 17.7 Å². The Balaban J connectivity index is 1.55. The zero-order valence-electron chi connectivity index (χ0n) is 13.0. The molecule has 0 amide bonds. The number of carboxylic acid groups (broad SMARTS) is 1. The molecule has 4 nitrogen and oxygen atoms in total. The minimum atomic E-state index is -0.898. The van der Waals surface area contributed by atoms with E-state index in [0.29, 0.717) is 18.7 Å². The number of benzene rings is 2. The van der Waals surface area contributed by atoms with Crippen LogP contribution in [0.5, 0.6) is 5.75 Å². The first kappa shape index (κ1) is 15.6. The van der Waals surface area contributed by atoms with Crippen LogP contribution >= 0.6 is 0 Å². The lowest BCUT2D eigenvalue weighted by molar-refractivity contribution is 0.0696. The summed E-state index contributed by atoms with van der Waals surface area (Å²) in [5.41, 5.74) is 2.40. The van der Waals surface area contributed by atoms with Gasteiger partial charge in [0.2, 0.25) is 0 Å². The molecule has 0 unspecified atom stereocenters. The van der Waals surface area contributed by atoms with E-state index in [1.807, 2.05) is 24.3 Å². The summed E-state index contributed by atoms with van der Waals surface area (Å²) in [4.78, 5) is 11.0. The Kier molecular flexibility index (Phi) is 4.93. The summed E-state index contributed by atoms with van der Waals surface area (Å²) in [6.07, 6.45) is 2.56. The van der Waals surface area contributed by atoms with Gasteiger partial charge in [-0.3, -0.25) is 0 Å². The van der Waals surface area contributed by atoms with E-state index in [1.165, 1.54) is 12.8 Å². The van der Waals surface area contributed by atoms with Crippen LogP contribution in [0.25, 0.3) is 0 Å². The second kappa shape index (κ2) is 7.29. The van der Waals surface area contributed by atoms with E-state index < -0.39 is 5.97 Å². The molecule has 2 aromatic carbocycles. The van der Waals surface area contributed by atoms with Crippen LogP contribution in [0.2, 0.25) is 0 Å². The maximum absolute atomic E-state index is 11.0. The van der Waals surface area contributed by atoms with Crippen molar-refractivity contribution in [2.45, 2.75) is 25.9 Å². The van der Waals surface area contributed by atoms with E-state index in [1.54, 1.807) is 18.2 Å². The Bertz CT molecular complexity index is 680. The Hall–Kier alpha value is -2.33. The highest BCUT2D eigenvalue weighted by molar-refractivity contribution is 5.87. The summed E-state index contributed by atoms with van der Waals surface area (Å²) in [6.45, 7) is 2.12. The SMILES string of the molecule is O=C(O)c1cccc(CNCc2ccccc2OCC2CC2)c1. The molecule has 1 fully saturated rings. The van der Waals surface area contributed by atoms with Crippen LogP contribution in [0.15, 0.2) is 48.5 Å². The van der Waals surface area contributed by atoms with Gasteiger partial charge in [-0.25, -0.2) is 4.79 Å². The van der Waals surface area contributed by atoms with Gasteiger partial charge in [0.25, 0.3) is 0 Å². The number of carboxylic acids is 1. The van der Waals surface area contributed by atoms with Gasteiger partial charge in [0.15, 0.2) is 0 Å². The van der Waals surface area contributed by atoms with Gasteiger partial charge in [-0.1, -0.05) is 30.3 Å². The first-order valence-electron chi connectivity index (χ1n) is 7.96. The number of hydrogen-bond acceptors (Lipinski definition) is 3. The van der Waals surface area contributed by atoms with Crippen molar-refractivity contribution in [3.05, 3.63) is 65.2 Å². The van der Waals surface area contributed by atoms with Crippen molar-refractivity contribution < 1.29 is 14.6 Å². The number of nitrogens with one attached hydrogen (secondary N) is 1. The van der Waals surface area contributed by atoms with Gasteiger partial charge in [-0.2, -0.15) is 0 Å². The lowest BCUT2D eigenvalue weighted by Crippen LogP contribution is -2.14. The van der Waals surface area contributed by atoms with E-state index >= 15 is 0 Å². The molecule has 0 aliphatic heterocycles. The van der Waals surface area contributed by atoms with E-state index in [-0.39, 0.29) is 0 Å². The Labute approximate surface area is 136 Å². The van der Waals surface area contributed by atoms with E-state index in [9.17, 15) is 4.79 Å². The summed E-state index contributed by atoms with van der Waals surface area (Å²) in [7, 11) is 0. The van der Waals surface area contributed by atoms with Crippen molar-refractivity contribution in [3.63, 3.8) is 0 Å². The van der Waals surface area contributed by atoms with Gasteiger partial charge < -0.3 is 15.2 Å². The summed E-state index contributed by atoms with van der Waals surface area (Å²) in [5.74, 6) is 0.770. The average molecular weight is 311 g/mol. The minimum absolute atomic E-state index is 0.317. The third kappa shape index (κ3) is 4.57. The highest BCUT2D eigenvalue weighted by Crippen LogP contribution is 2.30. The van der Waals surface area contributed by atoms with Crippen LogP contribution in [-0.2, 0) is 13.1 Å². The number of carbonyl (C=O) groups is 1. The molecule has 0 aromatic heterocycles. The summed E-state index contributed by atoms with van der Waals surface area (Å²) in [5, 5.41) is 12.4. The molecule has 2 aromatic rings. The Morgan fingerprint density at radius 1 is 1.13 bits per heavy atom. The first-order chi connectivity index (χ1) is 11.2. The average Bonchev–Trinajstić information content (AvgIpc) is 3.38. The molecule has 0 spiro atoms. The van der Waals surface area contributed by atoms with E-state index in [2.05, 4.69) is 11.4 Å². The molecular weight excluding hydrogens is 290 g/mol. The third-order valence-electron chi connectivity index (χ3n) is 3.96. The summed E-state index contributed by atoms with van der Waals surface area (Å²) < 4.78 is 5.90. The predicted molar refractivity (Wildman–Crippen MR) is 88.6 cm³/mol. The van der Waals surface area contributed by atoms with Crippen LogP contribution in [0.4, 0.5) is 0 Å². The smallest absolute Gasteiger partial charge is 0.335 e. The third-order valence-corrected chi connectivity index (χ3v) is 3.96. The van der Waals surface area contributed by atoms with E-state index in [4.69, 9.17) is 9.84 Å². The van der Waals surface area contributed by atoms with Crippen molar-refractivity contribution >= 4 is 5.97 Å². The van der Waals surface area contributed by atoms with Crippen LogP contribution < -0.4 is 10.1 Å². The lowest BCUT2D eigenvalue weighted by Gasteiger charge is -2.12. The number of ether oxygens (including phenoxy) is 1. The highest BCUT2D eigenvalue weighted by atomic mass is 16.5. The maximum atomic E-state index is 11.0. The molecule has 120 valence electrons. The molecule has 2 N–H and O–H groups in total. The van der Waals surface area contributed by atoms with Gasteiger partial charge >= 0.3 is 5.97 Å². The topological polar surface area (TPSA) is 58.6 Å². The van der Waals surface area contributed by atoms with Gasteiger partial charge in [0.1, 0.15) is 5.75 Å². The fraction of sp³-hybridized carbons (Fsp3) is 0.316. The van der Waals surface area contributed by atoms with Crippen molar-refractivity contribution in [3.8, 4) is 5.75 Å². The first-order valence-corrected chi connectivity index (χ1v) is 7.96. The lowest BCUT2D eigenvalue weighted by atomic mass is 10.1. The predicted octanol–water partition coefficient (Wildman–Crippen LogP) is 3.46. The zero-order chi connectivity index (χ0) is 16.1. The molecule has 1 saturated carbocycles. The van der Waals surface area contributed by atoms with Crippen molar-refractivity contribution in [2.24, 2.45) is 5.92 Å². The molecule has 0 heterocycles. The monoisotopic (exact) mass is 311 g/mol. The Morgan fingerprint density at radius 2 is 1.96 bits per heavy atom. The van der Waals surface area contributed by atoms with Gasteiger partial charge in [-0.05, 0) is 42.5 Å². The fourth-order valence-corrected chi connectivity index (χ4v) is 2.44. The van der Waals surface area contributed by atoms with Crippen molar-refractivity contribution in [1.29, 1.82) is 0 Å². The van der Waals surface area contributed by atoms with Crippen LogP contribution in [0.1, 0.15) is 34.3 Å². The standard InChI is InChI=1S/C19H21NO3/c21-19(22)16-6-3-4-15(10-16)11-20-12-17-5-1-2-7-18(17)23-13-14-8-9-14/h1-7,10,14,20H,8-9,11-13H2,(H,21,22). The second-order valence-corrected chi connectivity index (χ2v) is 5.97. The number of hydrogen-bond donors (Lipinski definition) is 2. The molecular formula is C19H21NO3. The maximum Gasteiger partial charge on any atom is 0.335 e. The molecule has 0 bridgehead atoms. The van der Waals surface area contributed by atoms with Crippen molar-refractivity contribution in [2.75, 3.05) is 6.61 Å². The fourth-order valence-electron chi connectivity index (χ4n) is 2.44. The molecule has 0 atom stereocenters. The normalized spacial score (nSPS) is 13.7. The number of para-hydroxylation sites is 1. The molecule has 4 heteroatoms. The quantitative estimate of drug-likeness (QED) is 0.784. The largest absolute Gasteiger partial charge is 0.493 e. The molecule has 1 aliphatic rings. The van der Waals surface area contributed by atoms with Gasteiger partial charge in [-0.15, -0.1) is 0 Å². The molecule has 0 radical (unpaired) electrons. The molecule has 23 heavy (non-hydrogen) atoms. The summed E-state index contributed by atoms with van der Waals surface area (Å²) >= 11 is 0. The number of rotatable bonds is 8. The molecule has 1 aliphatic carbocycles. The van der Waals surface area contributed by atoms with Crippen molar-refractivity contribution in [1.82, 2.24) is 5.32 Å². The van der Waals surface area contributed by atoms with Crippen LogP contribution in [0, 0.1) is 5.92 Å². The van der Waals surface area contributed by atoms with Gasteiger partial charge in [0.05, 0.1) is 12.2 Å². The van der Waals surface area contributed by atoms with Gasteiger partial charge in [0, 0.05) is 18.7 Å². The second-order valence-electron chi connectivity index (χ2n) is 5.97. The minimum Gasteiger partial charge on any atom is -0.493 e. The molecule has 3 rings (SSSR count). The van der Waals surface area contributed by atoms with E-state index in [0.717, 1.165) is 29.4 Å². The Morgan fingerprint density at radius 3 is 2.74 bits per heavy atom.